The van der Waals surface area contributed by atoms with Crippen molar-refractivity contribution in [3.05, 3.63) is 92.8 Å². The molecule has 0 aliphatic carbocycles. The number of hydrogen-bond acceptors (Lipinski definition) is 4. The van der Waals surface area contributed by atoms with Crippen molar-refractivity contribution >= 4 is 46.0 Å². The lowest BCUT2D eigenvalue weighted by molar-refractivity contribution is -0.120. The number of aryl methyl sites for hydroxylation is 1. The molecule has 0 radical (unpaired) electrons. The molecule has 29 heavy (non-hydrogen) atoms. The average molecular weight is 423 g/mol. The maximum absolute atomic E-state index is 13.5. The van der Waals surface area contributed by atoms with Gasteiger partial charge in [0.05, 0.1) is 11.3 Å². The summed E-state index contributed by atoms with van der Waals surface area (Å²) in [5, 5.41) is 2.48. The highest BCUT2D eigenvalue weighted by Crippen LogP contribution is 2.38. The Bertz CT molecular complexity index is 1110. The van der Waals surface area contributed by atoms with Gasteiger partial charge in [0.15, 0.2) is 0 Å². The molecule has 0 unspecified atom stereocenters. The first-order valence-corrected chi connectivity index (χ1v) is 10.4. The van der Waals surface area contributed by atoms with E-state index in [-0.39, 0.29) is 11.8 Å². The molecule has 0 bridgehead atoms. The number of carbonyl (C=O) groups excluding carboxylic acids is 2. The zero-order valence-electron chi connectivity index (χ0n) is 16.1. The van der Waals surface area contributed by atoms with Crippen molar-refractivity contribution in [3.63, 3.8) is 0 Å². The molecule has 1 aromatic heterocycles. The molecule has 0 fully saturated rings. The van der Waals surface area contributed by atoms with E-state index in [1.807, 2.05) is 66.7 Å². The van der Waals surface area contributed by atoms with Crippen LogP contribution in [0, 0.1) is 6.92 Å². The van der Waals surface area contributed by atoms with E-state index in [1.54, 1.807) is 18.2 Å². The van der Waals surface area contributed by atoms with Crippen LogP contribution >= 0.6 is 22.9 Å². The quantitative estimate of drug-likeness (QED) is 0.535. The number of carbonyl (C=O) groups is 2. The van der Waals surface area contributed by atoms with Crippen LogP contribution < -0.4 is 4.90 Å². The number of nitrogens with zero attached hydrogens (tertiary/aromatic N) is 2. The number of halogens is 1. The number of hydrogen-bond donors (Lipinski definition) is 0. The van der Waals surface area contributed by atoms with Gasteiger partial charge in [-0.05, 0) is 47.7 Å². The topological polar surface area (TPSA) is 40.6 Å². The van der Waals surface area contributed by atoms with Crippen molar-refractivity contribution in [1.29, 1.82) is 0 Å². The molecule has 1 aliphatic rings. The first-order valence-electron chi connectivity index (χ1n) is 9.15. The van der Waals surface area contributed by atoms with E-state index in [2.05, 4.69) is 0 Å². The van der Waals surface area contributed by atoms with Gasteiger partial charge in [0, 0.05) is 23.5 Å². The minimum absolute atomic E-state index is 0.308. The first-order chi connectivity index (χ1) is 14.0. The van der Waals surface area contributed by atoms with Crippen molar-refractivity contribution in [3.8, 4) is 0 Å². The lowest BCUT2D eigenvalue weighted by Gasteiger charge is -2.22. The Morgan fingerprint density at radius 1 is 1.00 bits per heavy atom. The second-order valence-corrected chi connectivity index (χ2v) is 8.30. The predicted molar refractivity (Wildman–Crippen MR) is 118 cm³/mol. The minimum atomic E-state index is -0.317. The van der Waals surface area contributed by atoms with Crippen LogP contribution in [0.5, 0.6) is 0 Å². The van der Waals surface area contributed by atoms with Gasteiger partial charge in [0.2, 0.25) is 0 Å². The van der Waals surface area contributed by atoms with Crippen molar-refractivity contribution in [2.45, 2.75) is 13.5 Å². The highest BCUT2D eigenvalue weighted by molar-refractivity contribution is 7.11. The van der Waals surface area contributed by atoms with Crippen molar-refractivity contribution < 1.29 is 9.59 Å². The zero-order chi connectivity index (χ0) is 20.5. The summed E-state index contributed by atoms with van der Waals surface area (Å²) < 4.78 is 0. The van der Waals surface area contributed by atoms with Crippen molar-refractivity contribution in [2.75, 3.05) is 11.9 Å². The lowest BCUT2D eigenvalue weighted by atomic mass is 10.1. The fourth-order valence-electron chi connectivity index (χ4n) is 3.54. The molecule has 0 saturated carbocycles. The van der Waals surface area contributed by atoms with Gasteiger partial charge >= 0.3 is 0 Å². The standard InChI is InChI=1S/C23H19ClN2O2S/c1-15-13-17(24)10-11-18(15)26-22(27)20(19-9-6-12-29-19)21(23(26)28)25(2)14-16-7-4-3-5-8-16/h3-13H,14H2,1-2H3. The average Bonchev–Trinajstić information content (AvgIpc) is 3.30. The number of anilines is 1. The highest BCUT2D eigenvalue weighted by Gasteiger charge is 2.42. The van der Waals surface area contributed by atoms with E-state index in [0.717, 1.165) is 16.0 Å². The maximum Gasteiger partial charge on any atom is 0.282 e. The Balaban J connectivity index is 1.79. The van der Waals surface area contributed by atoms with Crippen LogP contribution in [-0.4, -0.2) is 23.8 Å². The van der Waals surface area contributed by atoms with Crippen molar-refractivity contribution in [2.24, 2.45) is 0 Å². The number of rotatable bonds is 5. The fraction of sp³-hybridized carbons (Fsp3) is 0.130. The molecule has 2 amide bonds. The summed E-state index contributed by atoms with van der Waals surface area (Å²) in [5.41, 5.74) is 3.25. The molecule has 4 rings (SSSR count). The van der Waals surface area contributed by atoms with Crippen LogP contribution in [0.4, 0.5) is 5.69 Å². The Kier molecular flexibility index (Phi) is 5.26. The molecule has 0 atom stereocenters. The van der Waals surface area contributed by atoms with E-state index in [9.17, 15) is 9.59 Å². The molecular formula is C23H19ClN2O2S. The SMILES string of the molecule is Cc1cc(Cl)ccc1N1C(=O)C(c2cccs2)=C(N(C)Cc2ccccc2)C1=O. The molecule has 0 saturated heterocycles. The second-order valence-electron chi connectivity index (χ2n) is 6.92. The van der Waals surface area contributed by atoms with E-state index >= 15 is 0 Å². The van der Waals surface area contributed by atoms with Gasteiger partial charge in [-0.25, -0.2) is 4.90 Å². The molecule has 0 N–H and O–H groups in total. The Labute approximate surface area is 178 Å². The van der Waals surface area contributed by atoms with Gasteiger partial charge in [0.1, 0.15) is 5.70 Å². The molecule has 0 spiro atoms. The predicted octanol–water partition coefficient (Wildman–Crippen LogP) is 5.13. The van der Waals surface area contributed by atoms with Crippen LogP contribution in [0.3, 0.4) is 0 Å². The van der Waals surface area contributed by atoms with Gasteiger partial charge in [-0.2, -0.15) is 0 Å². The first kappa shape index (κ1) is 19.4. The second kappa shape index (κ2) is 7.85. The third-order valence-corrected chi connectivity index (χ3v) is 5.99. The van der Waals surface area contributed by atoms with Gasteiger partial charge in [-0.1, -0.05) is 48.0 Å². The molecule has 146 valence electrons. The highest BCUT2D eigenvalue weighted by atomic mass is 35.5. The van der Waals surface area contributed by atoms with E-state index in [1.165, 1.54) is 16.2 Å². The Morgan fingerprint density at radius 2 is 1.76 bits per heavy atom. The number of imide groups is 1. The summed E-state index contributed by atoms with van der Waals surface area (Å²) in [6.07, 6.45) is 0. The lowest BCUT2D eigenvalue weighted by Crippen LogP contribution is -2.34. The molecule has 2 heterocycles. The number of thiophene rings is 1. The molecular weight excluding hydrogens is 404 g/mol. The summed E-state index contributed by atoms with van der Waals surface area (Å²) in [6.45, 7) is 2.37. The van der Waals surface area contributed by atoms with E-state index in [0.29, 0.717) is 28.5 Å². The van der Waals surface area contributed by atoms with Crippen LogP contribution in [0.25, 0.3) is 5.57 Å². The summed E-state index contributed by atoms with van der Waals surface area (Å²) >= 11 is 7.52. The zero-order valence-corrected chi connectivity index (χ0v) is 17.6. The minimum Gasteiger partial charge on any atom is -0.365 e. The number of benzene rings is 2. The van der Waals surface area contributed by atoms with Crippen LogP contribution in [-0.2, 0) is 16.1 Å². The Hall–Kier alpha value is -2.89. The molecule has 6 heteroatoms. The van der Waals surface area contributed by atoms with Gasteiger partial charge in [-0.15, -0.1) is 11.3 Å². The van der Waals surface area contributed by atoms with Crippen LogP contribution in [0.15, 0.2) is 71.7 Å². The molecule has 4 nitrogen and oxygen atoms in total. The summed E-state index contributed by atoms with van der Waals surface area (Å²) in [5.74, 6) is -0.625. The number of amides is 2. The van der Waals surface area contributed by atoms with E-state index < -0.39 is 0 Å². The molecule has 3 aromatic rings. The molecule has 1 aliphatic heterocycles. The maximum atomic E-state index is 13.5. The molecule has 2 aromatic carbocycles. The fourth-order valence-corrected chi connectivity index (χ4v) is 4.53. The van der Waals surface area contributed by atoms with Gasteiger partial charge in [0.25, 0.3) is 11.8 Å². The Morgan fingerprint density at radius 3 is 2.41 bits per heavy atom. The summed E-state index contributed by atoms with van der Waals surface area (Å²) in [6, 6.07) is 18.8. The number of likely N-dealkylation sites (N-methyl/N-ethyl adjacent to an activating group) is 1. The largest absolute Gasteiger partial charge is 0.365 e. The normalized spacial score (nSPS) is 14.1. The third kappa shape index (κ3) is 3.59. The van der Waals surface area contributed by atoms with Gasteiger partial charge < -0.3 is 4.90 Å². The summed E-state index contributed by atoms with van der Waals surface area (Å²) in [4.78, 5) is 30.8. The van der Waals surface area contributed by atoms with E-state index in [4.69, 9.17) is 11.6 Å². The smallest absolute Gasteiger partial charge is 0.282 e. The van der Waals surface area contributed by atoms with Crippen LogP contribution in [0.1, 0.15) is 16.0 Å². The third-order valence-electron chi connectivity index (χ3n) is 4.87. The monoisotopic (exact) mass is 422 g/mol. The van der Waals surface area contributed by atoms with Crippen LogP contribution in [0.2, 0.25) is 5.02 Å². The van der Waals surface area contributed by atoms with Crippen molar-refractivity contribution in [1.82, 2.24) is 4.90 Å². The van der Waals surface area contributed by atoms with Gasteiger partial charge in [-0.3, -0.25) is 9.59 Å². The summed E-state index contributed by atoms with van der Waals surface area (Å²) in [7, 11) is 1.85.